The highest BCUT2D eigenvalue weighted by molar-refractivity contribution is 5.83. The van der Waals surface area contributed by atoms with E-state index in [9.17, 15) is 0 Å². The van der Waals surface area contributed by atoms with Crippen LogP contribution in [-0.4, -0.2) is 0 Å². The first-order valence-electron chi connectivity index (χ1n) is 8.20. The molecule has 3 aliphatic rings. The van der Waals surface area contributed by atoms with Gasteiger partial charge in [0.25, 0.3) is 0 Å². The predicted molar refractivity (Wildman–Crippen MR) is 85.8 cm³/mol. The minimum absolute atomic E-state index is 0.474. The quantitative estimate of drug-likeness (QED) is 0.585. The molecule has 1 spiro atoms. The van der Waals surface area contributed by atoms with Crippen molar-refractivity contribution in [2.24, 2.45) is 16.7 Å². The van der Waals surface area contributed by atoms with Crippen LogP contribution < -0.4 is 0 Å². The van der Waals surface area contributed by atoms with E-state index < -0.39 is 0 Å². The highest BCUT2D eigenvalue weighted by atomic mass is 14.7. The summed E-state index contributed by atoms with van der Waals surface area (Å²) in [5.74, 6) is 0.823. The second-order valence-electron chi connectivity index (χ2n) is 8.07. The summed E-state index contributed by atoms with van der Waals surface area (Å²) in [7, 11) is 0. The van der Waals surface area contributed by atoms with Crippen LogP contribution in [0.2, 0.25) is 0 Å². The molecule has 0 heteroatoms. The van der Waals surface area contributed by atoms with Gasteiger partial charge in [0.05, 0.1) is 0 Å². The average molecular weight is 266 g/mol. The Bertz CT molecular complexity index is 644. The minimum Gasteiger partial charge on any atom is -0.0652 e. The molecule has 0 aromatic heterocycles. The molecule has 4 rings (SSSR count). The molecule has 0 nitrogen and oxygen atoms in total. The van der Waals surface area contributed by atoms with E-state index in [0.717, 1.165) is 5.92 Å². The molecule has 1 aromatic carbocycles. The van der Waals surface area contributed by atoms with E-state index in [1.54, 1.807) is 22.3 Å². The van der Waals surface area contributed by atoms with Crippen molar-refractivity contribution in [1.82, 2.24) is 0 Å². The average Bonchev–Trinajstić information content (AvgIpc) is 2.70. The number of hydrogen-bond acceptors (Lipinski definition) is 0. The topological polar surface area (TPSA) is 0 Å². The van der Waals surface area contributed by atoms with Gasteiger partial charge >= 0.3 is 0 Å². The molecular formula is C20H26. The maximum Gasteiger partial charge on any atom is 0.00189 e. The minimum atomic E-state index is 0.474. The van der Waals surface area contributed by atoms with Crippen molar-refractivity contribution >= 4 is 5.57 Å². The van der Waals surface area contributed by atoms with Gasteiger partial charge in [-0.05, 0) is 80.1 Å². The molecule has 2 atom stereocenters. The second kappa shape index (κ2) is 3.59. The smallest absolute Gasteiger partial charge is 0.00189 e. The van der Waals surface area contributed by atoms with Crippen molar-refractivity contribution in [3.63, 3.8) is 0 Å². The zero-order valence-electron chi connectivity index (χ0n) is 13.6. The van der Waals surface area contributed by atoms with Crippen molar-refractivity contribution in [1.29, 1.82) is 0 Å². The van der Waals surface area contributed by atoms with Gasteiger partial charge in [0.15, 0.2) is 0 Å². The monoisotopic (exact) mass is 266 g/mol. The number of benzene rings is 1. The highest BCUT2D eigenvalue weighted by Crippen LogP contribution is 2.73. The summed E-state index contributed by atoms with van der Waals surface area (Å²) in [6.07, 6.45) is 5.50. The van der Waals surface area contributed by atoms with Crippen molar-refractivity contribution in [3.05, 3.63) is 40.0 Å². The van der Waals surface area contributed by atoms with Crippen molar-refractivity contribution < 1.29 is 0 Å². The standard InChI is InChI=1S/C20H26/c1-12-10-13(2)17-15(11-12)6-8-20-9-7-16(19(20,4)5)14(3)18(17)20/h10-11,16H,6-9H2,1-5H3. The molecule has 0 heterocycles. The first-order valence-corrected chi connectivity index (χ1v) is 8.20. The van der Waals surface area contributed by atoms with Crippen LogP contribution in [0.5, 0.6) is 0 Å². The Morgan fingerprint density at radius 2 is 1.80 bits per heavy atom. The summed E-state index contributed by atoms with van der Waals surface area (Å²) in [5, 5.41) is 0. The number of fused-ring (bicyclic) bond motifs is 3. The molecule has 0 radical (unpaired) electrons. The molecule has 0 aliphatic heterocycles. The molecule has 3 aliphatic carbocycles. The normalized spacial score (nSPS) is 33.4. The summed E-state index contributed by atoms with van der Waals surface area (Å²) in [6.45, 7) is 12.1. The molecular weight excluding hydrogens is 240 g/mol. The Kier molecular flexibility index (Phi) is 2.27. The third-order valence-corrected chi connectivity index (χ3v) is 6.99. The van der Waals surface area contributed by atoms with Gasteiger partial charge in [-0.25, -0.2) is 0 Å². The maximum absolute atomic E-state index is 2.54. The zero-order chi connectivity index (χ0) is 14.3. The van der Waals surface area contributed by atoms with E-state index >= 15 is 0 Å². The van der Waals surface area contributed by atoms with Crippen molar-refractivity contribution in [3.8, 4) is 0 Å². The molecule has 1 aromatic rings. The van der Waals surface area contributed by atoms with Gasteiger partial charge < -0.3 is 0 Å². The third kappa shape index (κ3) is 1.20. The molecule has 2 unspecified atom stereocenters. The lowest BCUT2D eigenvalue weighted by molar-refractivity contribution is 0.152. The summed E-state index contributed by atoms with van der Waals surface area (Å²) >= 11 is 0. The fraction of sp³-hybridized carbons (Fsp3) is 0.600. The van der Waals surface area contributed by atoms with Crippen LogP contribution in [0.25, 0.3) is 5.57 Å². The maximum atomic E-state index is 2.54. The molecule has 0 saturated heterocycles. The van der Waals surface area contributed by atoms with Crippen LogP contribution in [0.1, 0.15) is 62.3 Å². The molecule has 1 fully saturated rings. The summed E-state index contributed by atoms with van der Waals surface area (Å²) in [6, 6.07) is 4.82. The van der Waals surface area contributed by atoms with Gasteiger partial charge in [-0.2, -0.15) is 0 Å². The van der Waals surface area contributed by atoms with Crippen LogP contribution in [0.4, 0.5) is 0 Å². The number of aryl methyl sites for hydroxylation is 3. The van der Waals surface area contributed by atoms with E-state index in [4.69, 9.17) is 0 Å². The van der Waals surface area contributed by atoms with Crippen LogP contribution in [0.3, 0.4) is 0 Å². The zero-order valence-corrected chi connectivity index (χ0v) is 13.6. The second-order valence-corrected chi connectivity index (χ2v) is 8.07. The van der Waals surface area contributed by atoms with Crippen LogP contribution in [0.15, 0.2) is 17.7 Å². The fourth-order valence-corrected chi connectivity index (χ4v) is 6.13. The summed E-state index contributed by atoms with van der Waals surface area (Å²) < 4.78 is 0. The van der Waals surface area contributed by atoms with E-state index in [-0.39, 0.29) is 0 Å². The molecule has 0 amide bonds. The molecule has 1 saturated carbocycles. The fourth-order valence-electron chi connectivity index (χ4n) is 6.13. The van der Waals surface area contributed by atoms with Gasteiger partial charge in [0, 0.05) is 5.41 Å². The Hall–Kier alpha value is -1.04. The number of rotatable bonds is 0. The molecule has 2 bridgehead atoms. The lowest BCUT2D eigenvalue weighted by Gasteiger charge is -2.45. The lowest BCUT2D eigenvalue weighted by atomic mass is 9.59. The SMILES string of the molecule is CC1=C2c3c(C)cc(C)cc3CCC23CCC1C3(C)C. The van der Waals surface area contributed by atoms with E-state index in [2.05, 4.69) is 46.8 Å². The molecule has 106 valence electrons. The molecule has 0 N–H and O–H groups in total. The largest absolute Gasteiger partial charge is 0.0652 e. The highest BCUT2D eigenvalue weighted by Gasteiger charge is 2.62. The predicted octanol–water partition coefficient (Wildman–Crippen LogP) is 5.46. The van der Waals surface area contributed by atoms with Crippen molar-refractivity contribution in [2.45, 2.75) is 60.3 Å². The van der Waals surface area contributed by atoms with Gasteiger partial charge in [-0.3, -0.25) is 0 Å². The van der Waals surface area contributed by atoms with Crippen LogP contribution >= 0.6 is 0 Å². The van der Waals surface area contributed by atoms with Gasteiger partial charge in [0.2, 0.25) is 0 Å². The van der Waals surface area contributed by atoms with Gasteiger partial charge in [-0.1, -0.05) is 37.1 Å². The summed E-state index contributed by atoms with van der Waals surface area (Å²) in [5.41, 5.74) is 10.6. The number of hydrogen-bond donors (Lipinski definition) is 0. The van der Waals surface area contributed by atoms with Gasteiger partial charge in [-0.15, -0.1) is 0 Å². The Morgan fingerprint density at radius 1 is 1.05 bits per heavy atom. The van der Waals surface area contributed by atoms with Crippen LogP contribution in [0, 0.1) is 30.6 Å². The Labute approximate surface area is 123 Å². The first-order chi connectivity index (χ1) is 9.38. The Morgan fingerprint density at radius 3 is 2.55 bits per heavy atom. The van der Waals surface area contributed by atoms with E-state index in [1.165, 1.54) is 36.8 Å². The van der Waals surface area contributed by atoms with E-state index in [1.807, 2.05) is 0 Å². The first kappa shape index (κ1) is 12.7. The lowest BCUT2D eigenvalue weighted by Crippen LogP contribution is -2.36. The Balaban J connectivity index is 2.03. The molecule has 20 heavy (non-hydrogen) atoms. The van der Waals surface area contributed by atoms with E-state index in [0.29, 0.717) is 10.8 Å². The summed E-state index contributed by atoms with van der Waals surface area (Å²) in [4.78, 5) is 0. The van der Waals surface area contributed by atoms with Gasteiger partial charge in [0.1, 0.15) is 0 Å². The number of allylic oxidation sites excluding steroid dienone is 2. The van der Waals surface area contributed by atoms with Crippen molar-refractivity contribution in [2.75, 3.05) is 0 Å². The third-order valence-electron chi connectivity index (χ3n) is 6.99. The van der Waals surface area contributed by atoms with Crippen LogP contribution in [-0.2, 0) is 6.42 Å².